The summed E-state index contributed by atoms with van der Waals surface area (Å²) < 4.78 is 59.0. The van der Waals surface area contributed by atoms with Crippen LogP contribution in [0.3, 0.4) is 0 Å². The Labute approximate surface area is 235 Å². The first kappa shape index (κ1) is 27.2. The molecule has 1 aromatic carbocycles. The lowest BCUT2D eigenvalue weighted by molar-refractivity contribution is -0.0402. The molecular formula is C25H29Cl2F2N5O4S. The van der Waals surface area contributed by atoms with Gasteiger partial charge in [-0.2, -0.15) is 9.29 Å². The molecule has 1 N–H and O–H groups in total. The minimum absolute atomic E-state index is 0.194. The Kier molecular flexibility index (Phi) is 6.84. The smallest absolute Gasteiger partial charge is 0.321 e. The molecule has 1 aliphatic heterocycles. The van der Waals surface area contributed by atoms with E-state index in [0.717, 1.165) is 0 Å². The van der Waals surface area contributed by atoms with Crippen molar-refractivity contribution in [1.82, 2.24) is 19.3 Å². The lowest BCUT2D eigenvalue weighted by Crippen LogP contribution is -2.52. The number of anilines is 1. The van der Waals surface area contributed by atoms with Crippen LogP contribution in [0.25, 0.3) is 0 Å². The van der Waals surface area contributed by atoms with Gasteiger partial charge >= 0.3 is 6.03 Å². The van der Waals surface area contributed by atoms with E-state index in [4.69, 9.17) is 27.7 Å². The second-order valence-corrected chi connectivity index (χ2v) is 14.1. The minimum Gasteiger partial charge on any atom is -0.339 e. The third-order valence-electron chi connectivity index (χ3n) is 8.29. The van der Waals surface area contributed by atoms with Gasteiger partial charge in [0.25, 0.3) is 0 Å². The molecule has 0 radical (unpaired) electrons. The summed E-state index contributed by atoms with van der Waals surface area (Å²) in [6.07, 6.45) is 3.02. The predicted molar refractivity (Wildman–Crippen MR) is 141 cm³/mol. The monoisotopic (exact) mass is 603 g/mol. The zero-order valence-electron chi connectivity index (χ0n) is 21.1. The molecular weight excluding hydrogens is 575 g/mol. The fraction of sp³-hybridized carbons (Fsp3) is 0.640. The molecule has 6 rings (SSSR count). The summed E-state index contributed by atoms with van der Waals surface area (Å²) in [5, 5.41) is 7.41. The first-order chi connectivity index (χ1) is 18.5. The van der Waals surface area contributed by atoms with Gasteiger partial charge in [0.15, 0.2) is 5.82 Å². The highest BCUT2D eigenvalue weighted by Crippen LogP contribution is 2.57. The molecule has 0 bridgehead atoms. The number of sulfonamides is 1. The largest absolute Gasteiger partial charge is 0.339 e. The second kappa shape index (κ2) is 9.81. The van der Waals surface area contributed by atoms with Crippen molar-refractivity contribution in [2.24, 2.45) is 0 Å². The maximum Gasteiger partial charge on any atom is 0.321 e. The van der Waals surface area contributed by atoms with Crippen LogP contribution >= 0.6 is 23.2 Å². The molecule has 212 valence electrons. The average molecular weight is 605 g/mol. The Morgan fingerprint density at radius 1 is 1.00 bits per heavy atom. The molecule has 0 spiro atoms. The van der Waals surface area contributed by atoms with Gasteiger partial charge in [0.05, 0.1) is 10.7 Å². The van der Waals surface area contributed by atoms with E-state index in [9.17, 15) is 22.0 Å². The molecule has 1 aromatic heterocycles. The van der Waals surface area contributed by atoms with E-state index in [1.165, 1.54) is 4.31 Å². The lowest BCUT2D eigenvalue weighted by Gasteiger charge is -2.34. The van der Waals surface area contributed by atoms with Gasteiger partial charge in [-0.15, -0.1) is 0 Å². The van der Waals surface area contributed by atoms with Gasteiger partial charge in [-0.25, -0.2) is 22.0 Å². The van der Waals surface area contributed by atoms with E-state index < -0.39 is 21.4 Å². The van der Waals surface area contributed by atoms with Crippen LogP contribution in [0.1, 0.15) is 74.6 Å². The third kappa shape index (κ3) is 5.25. The van der Waals surface area contributed by atoms with Crippen molar-refractivity contribution in [3.05, 3.63) is 39.5 Å². The molecule has 9 nitrogen and oxygen atoms in total. The van der Waals surface area contributed by atoms with Gasteiger partial charge in [0.2, 0.25) is 21.8 Å². The topological polar surface area (TPSA) is 109 Å². The van der Waals surface area contributed by atoms with Crippen molar-refractivity contribution in [3.8, 4) is 0 Å². The van der Waals surface area contributed by atoms with Gasteiger partial charge in [-0.3, -0.25) is 0 Å². The number of hydrogen-bond donors (Lipinski definition) is 1. The predicted octanol–water partition coefficient (Wildman–Crippen LogP) is 5.39. The molecule has 39 heavy (non-hydrogen) atoms. The highest BCUT2D eigenvalue weighted by atomic mass is 35.5. The molecule has 0 atom stereocenters. The van der Waals surface area contributed by atoms with Gasteiger partial charge in [-0.05, 0) is 50.7 Å². The van der Waals surface area contributed by atoms with Crippen LogP contribution < -0.4 is 5.32 Å². The van der Waals surface area contributed by atoms with E-state index in [-0.39, 0.29) is 43.1 Å². The highest BCUT2D eigenvalue weighted by molar-refractivity contribution is 7.90. The minimum atomic E-state index is -3.26. The van der Waals surface area contributed by atoms with Gasteiger partial charge < -0.3 is 14.7 Å². The molecule has 3 aliphatic carbocycles. The number of carbonyl (C=O) groups is 1. The summed E-state index contributed by atoms with van der Waals surface area (Å²) in [6, 6.07) is 2.89. The fourth-order valence-electron chi connectivity index (χ4n) is 5.62. The van der Waals surface area contributed by atoms with Crippen molar-refractivity contribution in [1.29, 1.82) is 0 Å². The number of benzene rings is 1. The molecule has 2 aromatic rings. The Bertz CT molecular complexity index is 1360. The summed E-state index contributed by atoms with van der Waals surface area (Å²) in [4.78, 5) is 19.0. The van der Waals surface area contributed by atoms with Gasteiger partial charge in [0.1, 0.15) is 0 Å². The van der Waals surface area contributed by atoms with E-state index in [0.29, 0.717) is 84.6 Å². The van der Waals surface area contributed by atoms with Crippen molar-refractivity contribution in [3.63, 3.8) is 0 Å². The summed E-state index contributed by atoms with van der Waals surface area (Å²) >= 11 is 13.4. The van der Waals surface area contributed by atoms with E-state index in [1.807, 2.05) is 0 Å². The highest BCUT2D eigenvalue weighted by Gasteiger charge is 2.53. The zero-order valence-corrected chi connectivity index (χ0v) is 23.5. The summed E-state index contributed by atoms with van der Waals surface area (Å²) in [5.74, 6) is -2.02. The van der Waals surface area contributed by atoms with E-state index in [2.05, 4.69) is 15.5 Å². The number of amides is 2. The molecule has 2 heterocycles. The number of nitrogens with one attached hydrogen (secondary N) is 1. The van der Waals surface area contributed by atoms with E-state index in [1.54, 1.807) is 17.0 Å². The third-order valence-corrected chi connectivity index (χ3v) is 11.3. The normalized spacial score (nSPS) is 23.5. The van der Waals surface area contributed by atoms with Gasteiger partial charge in [-0.1, -0.05) is 28.4 Å². The van der Waals surface area contributed by atoms with E-state index >= 15 is 0 Å². The Morgan fingerprint density at radius 2 is 1.62 bits per heavy atom. The molecule has 14 heteroatoms. The number of halogens is 4. The summed E-state index contributed by atoms with van der Waals surface area (Å²) in [6.45, 7) is 1.12. The first-order valence-electron chi connectivity index (χ1n) is 13.2. The lowest BCUT2D eigenvalue weighted by atomic mass is 9.86. The standard InChI is InChI=1S/C25H29Cl2F2N5O4S/c26-18-13-16(30-23(35)33-9-11-34(12-10-33)39(36,37)17-1-2-17)14-19(27)20(18)24(7-8-24)22-31-21(38-32-22)15-3-5-25(28,29)6-4-15/h13-15,17H,1-12H2,(H,30,35). The average Bonchev–Trinajstić information content (AvgIpc) is 3.82. The number of urea groups is 1. The van der Waals surface area contributed by atoms with Crippen LogP contribution in [0.4, 0.5) is 19.3 Å². The van der Waals surface area contributed by atoms with Crippen LogP contribution in [0, 0.1) is 0 Å². The van der Waals surface area contributed by atoms with Crippen molar-refractivity contribution < 1.29 is 26.5 Å². The maximum absolute atomic E-state index is 13.6. The number of piperazine rings is 1. The van der Waals surface area contributed by atoms with Gasteiger partial charge in [0, 0.05) is 66.2 Å². The Hall–Kier alpha value is -2.02. The Balaban J connectivity index is 1.12. The van der Waals surface area contributed by atoms with Crippen LogP contribution in [-0.2, 0) is 15.4 Å². The van der Waals surface area contributed by atoms with Crippen molar-refractivity contribution in [2.45, 2.75) is 73.9 Å². The number of nitrogens with zero attached hydrogens (tertiary/aromatic N) is 4. The molecule has 1 saturated heterocycles. The van der Waals surface area contributed by atoms with Crippen LogP contribution in [-0.4, -0.2) is 71.1 Å². The van der Waals surface area contributed by atoms with Crippen molar-refractivity contribution >= 4 is 44.9 Å². The quantitative estimate of drug-likeness (QED) is 0.474. The number of aromatic nitrogens is 2. The Morgan fingerprint density at radius 3 is 2.18 bits per heavy atom. The van der Waals surface area contributed by atoms with Crippen LogP contribution in [0.2, 0.25) is 10.0 Å². The molecule has 4 aliphatic rings. The second-order valence-electron chi connectivity index (χ2n) is 11.0. The maximum atomic E-state index is 13.6. The molecule has 2 amide bonds. The number of rotatable bonds is 6. The number of hydrogen-bond acceptors (Lipinski definition) is 6. The molecule has 3 saturated carbocycles. The van der Waals surface area contributed by atoms with Crippen LogP contribution in [0.15, 0.2) is 16.7 Å². The van der Waals surface area contributed by atoms with Crippen LogP contribution in [0.5, 0.6) is 0 Å². The van der Waals surface area contributed by atoms with Crippen molar-refractivity contribution in [2.75, 3.05) is 31.5 Å². The fourth-order valence-corrected chi connectivity index (χ4v) is 8.29. The molecule has 4 fully saturated rings. The first-order valence-corrected chi connectivity index (χ1v) is 15.5. The summed E-state index contributed by atoms with van der Waals surface area (Å²) in [5.41, 5.74) is 0.435. The SMILES string of the molecule is O=C(Nc1cc(Cl)c(C2(c3noc(C4CCC(F)(F)CC4)n3)CC2)c(Cl)c1)N1CCN(S(=O)(=O)C2CC2)CC1. The number of carbonyl (C=O) groups excluding carboxylic acids is 1. The summed E-state index contributed by atoms with van der Waals surface area (Å²) in [7, 11) is -3.26. The number of alkyl halides is 2. The molecule has 0 unspecified atom stereocenters. The zero-order chi connectivity index (χ0) is 27.6.